The first-order valence-electron chi connectivity index (χ1n) is 8.10. The van der Waals surface area contributed by atoms with Crippen molar-refractivity contribution >= 4 is 28.3 Å². The molecule has 4 rings (SSSR count). The minimum atomic E-state index is -1.26. The van der Waals surface area contributed by atoms with E-state index in [1.807, 2.05) is 31.2 Å². The maximum Gasteiger partial charge on any atom is 1.00 e. The SMILES string of the molecule is Cc1nc2ccccc2nc1-c1nnc(-c2ccc(OCC(=O)[O-])cc2)s1.[K+]. The van der Waals surface area contributed by atoms with Gasteiger partial charge in [-0.15, -0.1) is 10.2 Å². The number of carbonyl (C=O) groups is 1. The van der Waals surface area contributed by atoms with Crippen molar-refractivity contribution in [2.75, 3.05) is 6.61 Å². The van der Waals surface area contributed by atoms with E-state index in [0.717, 1.165) is 27.3 Å². The van der Waals surface area contributed by atoms with Crippen LogP contribution < -0.4 is 61.2 Å². The van der Waals surface area contributed by atoms with Crippen molar-refractivity contribution in [3.63, 3.8) is 0 Å². The molecule has 2 aromatic heterocycles. The Labute approximate surface area is 207 Å². The molecule has 0 unspecified atom stereocenters. The van der Waals surface area contributed by atoms with Gasteiger partial charge >= 0.3 is 51.4 Å². The molecule has 7 nitrogen and oxygen atoms in total. The Morgan fingerprint density at radius 2 is 1.64 bits per heavy atom. The van der Waals surface area contributed by atoms with Crippen LogP contribution >= 0.6 is 11.3 Å². The van der Waals surface area contributed by atoms with Gasteiger partial charge in [0.15, 0.2) is 5.01 Å². The van der Waals surface area contributed by atoms with Gasteiger partial charge in [-0.1, -0.05) is 23.5 Å². The fourth-order valence-corrected chi connectivity index (χ4v) is 3.45. The number of carboxylic acid groups (broad SMARTS) is 1. The fraction of sp³-hybridized carbons (Fsp3) is 0.105. The standard InChI is InChI=1S/C19H14N4O3S.K/c1-11-17(21-15-5-3-2-4-14(15)20-11)19-23-22-18(27-19)12-6-8-13(9-7-12)26-10-16(24)25;/h2-9H,10H2,1H3,(H,24,25);/q;+1/p-1. The van der Waals surface area contributed by atoms with Gasteiger partial charge in [0.2, 0.25) is 0 Å². The van der Waals surface area contributed by atoms with E-state index >= 15 is 0 Å². The second kappa shape index (κ2) is 9.16. The Kier molecular flexibility index (Phi) is 6.86. The third-order valence-corrected chi connectivity index (χ3v) is 4.81. The van der Waals surface area contributed by atoms with Crippen molar-refractivity contribution in [1.82, 2.24) is 20.2 Å². The summed E-state index contributed by atoms with van der Waals surface area (Å²) in [6.45, 7) is 1.42. The second-order valence-corrected chi connectivity index (χ2v) is 6.72. The smallest absolute Gasteiger partial charge is 0.546 e. The summed E-state index contributed by atoms with van der Waals surface area (Å²) in [5, 5.41) is 20.4. The number of benzene rings is 2. The Morgan fingerprint density at radius 3 is 2.32 bits per heavy atom. The summed E-state index contributed by atoms with van der Waals surface area (Å²) in [6, 6.07) is 14.7. The number of carbonyl (C=O) groups excluding carboxylic acids is 1. The normalized spacial score (nSPS) is 10.5. The molecule has 9 heteroatoms. The molecule has 4 aromatic rings. The predicted octanol–water partition coefficient (Wildman–Crippen LogP) is -0.744. The monoisotopic (exact) mass is 416 g/mol. The van der Waals surface area contributed by atoms with Crippen molar-refractivity contribution in [2.45, 2.75) is 6.92 Å². The van der Waals surface area contributed by atoms with E-state index < -0.39 is 12.6 Å². The Morgan fingerprint density at radius 1 is 1.00 bits per heavy atom. The number of rotatable bonds is 5. The third-order valence-electron chi connectivity index (χ3n) is 3.83. The summed E-state index contributed by atoms with van der Waals surface area (Å²) in [4.78, 5) is 19.7. The summed E-state index contributed by atoms with van der Waals surface area (Å²) >= 11 is 1.42. The molecule has 0 radical (unpaired) electrons. The van der Waals surface area contributed by atoms with Crippen molar-refractivity contribution in [3.8, 4) is 27.0 Å². The minimum Gasteiger partial charge on any atom is -0.546 e. The van der Waals surface area contributed by atoms with Crippen LogP contribution in [0.4, 0.5) is 0 Å². The molecular weight excluding hydrogens is 403 g/mol. The molecule has 2 aromatic carbocycles. The molecule has 0 bridgehead atoms. The molecule has 28 heavy (non-hydrogen) atoms. The largest absolute Gasteiger partial charge is 1.00 e. The Bertz CT molecular complexity index is 1130. The van der Waals surface area contributed by atoms with E-state index in [1.54, 1.807) is 24.3 Å². The predicted molar refractivity (Wildman–Crippen MR) is 99.1 cm³/mol. The van der Waals surface area contributed by atoms with E-state index in [2.05, 4.69) is 20.2 Å². The molecule has 0 aliphatic heterocycles. The van der Waals surface area contributed by atoms with Crippen LogP contribution in [0.15, 0.2) is 48.5 Å². The molecular formula is C19H13KN4O3S. The topological polar surface area (TPSA) is 101 Å². The summed E-state index contributed by atoms with van der Waals surface area (Å²) < 4.78 is 5.08. The number of aliphatic carboxylic acids is 1. The first-order chi connectivity index (χ1) is 13.1. The second-order valence-electron chi connectivity index (χ2n) is 5.74. The molecule has 0 amide bonds. The Balaban J connectivity index is 0.00000225. The molecule has 0 N–H and O–H groups in total. The van der Waals surface area contributed by atoms with Gasteiger partial charge in [-0.2, -0.15) is 0 Å². The number of carboxylic acids is 1. The van der Waals surface area contributed by atoms with Gasteiger partial charge in [0.05, 0.1) is 22.7 Å². The van der Waals surface area contributed by atoms with Gasteiger partial charge in [-0.3, -0.25) is 0 Å². The average Bonchev–Trinajstić information content (AvgIpc) is 3.16. The zero-order chi connectivity index (χ0) is 18.8. The van der Waals surface area contributed by atoms with Gasteiger partial charge in [0.1, 0.15) is 23.1 Å². The number of aryl methyl sites for hydroxylation is 1. The molecule has 2 heterocycles. The maximum atomic E-state index is 10.4. The first kappa shape index (κ1) is 21.0. The van der Waals surface area contributed by atoms with Crippen LogP contribution in [0.2, 0.25) is 0 Å². The maximum absolute atomic E-state index is 10.4. The summed E-state index contributed by atoms with van der Waals surface area (Å²) in [6.07, 6.45) is 0. The van der Waals surface area contributed by atoms with Crippen LogP contribution in [-0.4, -0.2) is 32.7 Å². The number of ether oxygens (including phenoxy) is 1. The van der Waals surface area contributed by atoms with Crippen molar-refractivity contribution in [2.24, 2.45) is 0 Å². The molecule has 134 valence electrons. The van der Waals surface area contributed by atoms with Gasteiger partial charge in [0.25, 0.3) is 0 Å². The van der Waals surface area contributed by atoms with Crippen LogP contribution in [0.25, 0.3) is 32.3 Å². The molecule has 0 atom stereocenters. The number of para-hydroxylation sites is 2. The van der Waals surface area contributed by atoms with E-state index in [9.17, 15) is 9.90 Å². The van der Waals surface area contributed by atoms with Gasteiger partial charge in [0, 0.05) is 5.56 Å². The first-order valence-corrected chi connectivity index (χ1v) is 8.92. The number of fused-ring (bicyclic) bond motifs is 1. The van der Waals surface area contributed by atoms with Crippen LogP contribution in [0.5, 0.6) is 5.75 Å². The van der Waals surface area contributed by atoms with Gasteiger partial charge in [-0.05, 0) is 43.3 Å². The Hall–Kier alpha value is -1.75. The van der Waals surface area contributed by atoms with E-state index in [0.29, 0.717) is 16.5 Å². The molecule has 0 saturated carbocycles. The van der Waals surface area contributed by atoms with Crippen molar-refractivity contribution in [3.05, 3.63) is 54.2 Å². The summed E-state index contributed by atoms with van der Waals surface area (Å²) in [5.41, 5.74) is 4.01. The zero-order valence-corrected chi connectivity index (χ0v) is 19.2. The number of hydrogen-bond donors (Lipinski definition) is 0. The van der Waals surface area contributed by atoms with Gasteiger partial charge < -0.3 is 14.6 Å². The van der Waals surface area contributed by atoms with Crippen molar-refractivity contribution < 1.29 is 66.0 Å². The molecule has 0 saturated heterocycles. The van der Waals surface area contributed by atoms with Crippen LogP contribution in [0.3, 0.4) is 0 Å². The minimum absolute atomic E-state index is 0. The van der Waals surface area contributed by atoms with E-state index in [4.69, 9.17) is 4.74 Å². The molecule has 0 fully saturated rings. The number of hydrogen-bond acceptors (Lipinski definition) is 8. The molecule has 0 aliphatic carbocycles. The average molecular weight is 417 g/mol. The van der Waals surface area contributed by atoms with Crippen LogP contribution in [-0.2, 0) is 4.79 Å². The van der Waals surface area contributed by atoms with Crippen molar-refractivity contribution in [1.29, 1.82) is 0 Å². The number of nitrogens with zero attached hydrogens (tertiary/aromatic N) is 4. The van der Waals surface area contributed by atoms with E-state index in [1.165, 1.54) is 11.3 Å². The summed E-state index contributed by atoms with van der Waals surface area (Å²) in [7, 11) is 0. The number of aromatic nitrogens is 4. The quantitative estimate of drug-likeness (QED) is 0.395. The fourth-order valence-electron chi connectivity index (χ4n) is 2.56. The van der Waals surface area contributed by atoms with Gasteiger partial charge in [-0.25, -0.2) is 9.97 Å². The van der Waals surface area contributed by atoms with E-state index in [-0.39, 0.29) is 51.4 Å². The van der Waals surface area contributed by atoms with Crippen LogP contribution in [0.1, 0.15) is 5.69 Å². The zero-order valence-electron chi connectivity index (χ0n) is 15.2. The van der Waals surface area contributed by atoms with Crippen LogP contribution in [0, 0.1) is 6.92 Å². The molecule has 0 spiro atoms. The summed E-state index contributed by atoms with van der Waals surface area (Å²) in [5.74, 6) is -0.816. The molecule has 0 aliphatic rings. The third kappa shape index (κ3) is 4.62.